The Morgan fingerprint density at radius 3 is 1.98 bits per heavy atom. The number of sulfonamides is 1. The molecule has 0 aromatic heterocycles. The van der Waals surface area contributed by atoms with Gasteiger partial charge in [0.05, 0.1) is 21.9 Å². The fourth-order valence-electron chi connectivity index (χ4n) is 3.63. The number of azide groups is 1. The van der Waals surface area contributed by atoms with Crippen LogP contribution in [0.1, 0.15) is 19.4 Å². The van der Waals surface area contributed by atoms with E-state index in [-0.39, 0.29) is 41.0 Å². The number of aromatic hydroxyl groups is 1. The molecule has 0 saturated carbocycles. The van der Waals surface area contributed by atoms with Crippen LogP contribution in [0.5, 0.6) is 5.75 Å². The molecule has 3 aromatic carbocycles. The number of rotatable bonds is 11. The van der Waals surface area contributed by atoms with Gasteiger partial charge in [-0.05, 0) is 72.0 Å². The number of benzene rings is 3. The van der Waals surface area contributed by atoms with Crippen LogP contribution in [0, 0.1) is 11.7 Å². The summed E-state index contributed by atoms with van der Waals surface area (Å²) in [5, 5.41) is 23.8. The molecule has 3 rings (SSSR count). The molecule has 0 aliphatic heterocycles. The summed E-state index contributed by atoms with van der Waals surface area (Å²) >= 11 is 0. The van der Waals surface area contributed by atoms with Crippen molar-refractivity contribution in [3.05, 3.63) is 101 Å². The Bertz CT molecular complexity index is 1480. The zero-order valence-electron chi connectivity index (χ0n) is 22.4. The molecule has 0 aliphatic carbocycles. The quantitative estimate of drug-likeness (QED) is 0.144. The lowest BCUT2D eigenvalue weighted by molar-refractivity contribution is 0.116. The molecule has 40 heavy (non-hydrogen) atoms. The van der Waals surface area contributed by atoms with Crippen LogP contribution in [-0.4, -0.2) is 62.8 Å². The second kappa shape index (κ2) is 14.8. The largest absolute Gasteiger partial charge is 0.508 e. The number of hydrogen-bond donors (Lipinski definition) is 2. The summed E-state index contributed by atoms with van der Waals surface area (Å²) in [6.45, 7) is 3.80. The van der Waals surface area contributed by atoms with Crippen LogP contribution < -0.4 is 0 Å². The van der Waals surface area contributed by atoms with Gasteiger partial charge in [-0.3, -0.25) is 0 Å². The molecule has 0 bridgehead atoms. The summed E-state index contributed by atoms with van der Waals surface area (Å²) in [6.07, 6.45) is 0.101. The molecular formula is C27H33FN4O6S2. The smallest absolute Gasteiger partial charge is 0.243 e. The number of phenolic OH excluding ortho intramolecular Hbond substituents is 1. The maximum absolute atomic E-state index is 13.1. The highest BCUT2D eigenvalue weighted by atomic mass is 32.2. The molecule has 0 aliphatic rings. The third kappa shape index (κ3) is 10.2. The van der Waals surface area contributed by atoms with E-state index in [2.05, 4.69) is 10.0 Å². The lowest BCUT2D eigenvalue weighted by Gasteiger charge is -2.28. The fraction of sp³-hybridized carbons (Fsp3) is 0.333. The highest BCUT2D eigenvalue weighted by molar-refractivity contribution is 7.90. The molecule has 0 spiro atoms. The van der Waals surface area contributed by atoms with Gasteiger partial charge in [-0.25, -0.2) is 21.2 Å². The van der Waals surface area contributed by atoms with E-state index in [9.17, 15) is 31.4 Å². The van der Waals surface area contributed by atoms with Gasteiger partial charge in [0.15, 0.2) is 9.84 Å². The summed E-state index contributed by atoms with van der Waals surface area (Å²) in [7, 11) is -7.00. The highest BCUT2D eigenvalue weighted by Crippen LogP contribution is 2.20. The van der Waals surface area contributed by atoms with Crippen molar-refractivity contribution in [2.75, 3.05) is 19.3 Å². The summed E-state index contributed by atoms with van der Waals surface area (Å²) < 4.78 is 61.3. The number of aliphatic hydroxyl groups is 1. The van der Waals surface area contributed by atoms with Gasteiger partial charge < -0.3 is 10.2 Å². The van der Waals surface area contributed by atoms with Gasteiger partial charge in [-0.15, -0.1) is 0 Å². The lowest BCUT2D eigenvalue weighted by Crippen LogP contribution is -2.43. The SMILES string of the molecule is CC(C)CN(CC(O)[C@H](Cc1ccc(O)cc1)N=[N+]=[N-])S(=O)(=O)c1ccccc1.CS(=O)(=O)c1ccc(F)cc1. The molecular weight excluding hydrogens is 559 g/mol. The van der Waals surface area contributed by atoms with Gasteiger partial charge in [0, 0.05) is 24.3 Å². The first-order chi connectivity index (χ1) is 18.7. The normalized spacial score (nSPS) is 13.2. The molecule has 0 heterocycles. The van der Waals surface area contributed by atoms with Gasteiger partial charge in [-0.2, -0.15) is 4.31 Å². The standard InChI is InChI=1S/C20H26N4O4S.C7H7FO2S/c1-15(2)13-24(29(27,28)18-6-4-3-5-7-18)14-20(26)19(22-23-21)12-16-8-10-17(25)11-9-16;1-11(9,10)7-4-2-6(8)3-5-7/h3-11,15,19-20,25-26H,12-14H2,1-2H3;2-5H,1H3/t19-,20?;/m0./s1. The number of sulfone groups is 1. The van der Waals surface area contributed by atoms with E-state index in [4.69, 9.17) is 5.53 Å². The van der Waals surface area contributed by atoms with Gasteiger partial charge in [0.1, 0.15) is 11.6 Å². The summed E-state index contributed by atoms with van der Waals surface area (Å²) in [5.41, 5.74) is 9.65. The number of aliphatic hydroxyl groups excluding tert-OH is 1. The Balaban J connectivity index is 0.000000425. The van der Waals surface area contributed by atoms with Crippen molar-refractivity contribution in [2.45, 2.75) is 42.2 Å². The first kappa shape index (κ1) is 32.7. The zero-order chi connectivity index (χ0) is 29.9. The molecule has 216 valence electrons. The van der Waals surface area contributed by atoms with Crippen molar-refractivity contribution < 1.29 is 31.4 Å². The zero-order valence-corrected chi connectivity index (χ0v) is 24.0. The van der Waals surface area contributed by atoms with Crippen molar-refractivity contribution in [1.82, 2.24) is 4.31 Å². The average Bonchev–Trinajstić information content (AvgIpc) is 2.89. The molecule has 2 N–H and O–H groups in total. The Kier molecular flexibility index (Phi) is 12.1. The van der Waals surface area contributed by atoms with Crippen LogP contribution in [0.4, 0.5) is 4.39 Å². The van der Waals surface area contributed by atoms with E-state index in [1.54, 1.807) is 30.3 Å². The molecule has 0 fully saturated rings. The van der Waals surface area contributed by atoms with E-state index in [1.165, 1.54) is 40.7 Å². The van der Waals surface area contributed by atoms with E-state index < -0.39 is 37.8 Å². The first-order valence-corrected chi connectivity index (χ1v) is 15.6. The lowest BCUT2D eigenvalue weighted by atomic mass is 10.0. The predicted molar refractivity (Wildman–Crippen MR) is 150 cm³/mol. The maximum atomic E-state index is 13.1. The van der Waals surface area contributed by atoms with Crippen molar-refractivity contribution in [3.8, 4) is 5.75 Å². The number of nitrogens with zero attached hydrogens (tertiary/aromatic N) is 4. The molecule has 13 heteroatoms. The van der Waals surface area contributed by atoms with Gasteiger partial charge in [0.2, 0.25) is 10.0 Å². The summed E-state index contributed by atoms with van der Waals surface area (Å²) in [4.78, 5) is 3.09. The molecule has 0 amide bonds. The van der Waals surface area contributed by atoms with Crippen LogP contribution in [-0.2, 0) is 26.3 Å². The van der Waals surface area contributed by atoms with Crippen LogP contribution in [0.25, 0.3) is 10.4 Å². The number of phenols is 1. The number of hydrogen-bond acceptors (Lipinski definition) is 7. The summed E-state index contributed by atoms with van der Waals surface area (Å²) in [6, 6.07) is 18.2. The second-order valence-corrected chi connectivity index (χ2v) is 13.4. The Morgan fingerprint density at radius 1 is 0.900 bits per heavy atom. The van der Waals surface area contributed by atoms with Gasteiger partial charge >= 0.3 is 0 Å². The molecule has 0 saturated heterocycles. The van der Waals surface area contributed by atoms with Crippen molar-refractivity contribution in [3.63, 3.8) is 0 Å². The Labute approximate surface area is 234 Å². The Hall–Kier alpha value is -3.48. The van der Waals surface area contributed by atoms with Crippen LogP contribution in [0.15, 0.2) is 93.8 Å². The van der Waals surface area contributed by atoms with Crippen molar-refractivity contribution in [1.29, 1.82) is 0 Å². The highest BCUT2D eigenvalue weighted by Gasteiger charge is 2.30. The molecule has 10 nitrogen and oxygen atoms in total. The number of halogens is 1. The summed E-state index contributed by atoms with van der Waals surface area (Å²) in [5.74, 6) is -0.292. The average molecular weight is 593 g/mol. The minimum atomic E-state index is -3.81. The van der Waals surface area contributed by atoms with Crippen molar-refractivity contribution in [2.24, 2.45) is 11.0 Å². The second-order valence-electron chi connectivity index (χ2n) is 9.47. The van der Waals surface area contributed by atoms with Crippen LogP contribution >= 0.6 is 0 Å². The monoisotopic (exact) mass is 592 g/mol. The predicted octanol–water partition coefficient (Wildman–Crippen LogP) is 4.55. The Morgan fingerprint density at radius 2 is 1.48 bits per heavy atom. The molecule has 3 aromatic rings. The van der Waals surface area contributed by atoms with Gasteiger partial charge in [-0.1, -0.05) is 49.3 Å². The molecule has 2 atom stereocenters. The van der Waals surface area contributed by atoms with E-state index in [0.717, 1.165) is 24.0 Å². The minimum absolute atomic E-state index is 0.0377. The molecule has 0 radical (unpaired) electrons. The van der Waals surface area contributed by atoms with E-state index >= 15 is 0 Å². The third-order valence-electron chi connectivity index (χ3n) is 5.61. The van der Waals surface area contributed by atoms with E-state index in [1.807, 2.05) is 13.8 Å². The first-order valence-electron chi connectivity index (χ1n) is 12.2. The van der Waals surface area contributed by atoms with E-state index in [0.29, 0.717) is 0 Å². The minimum Gasteiger partial charge on any atom is -0.508 e. The van der Waals surface area contributed by atoms with Gasteiger partial charge in [0.25, 0.3) is 0 Å². The van der Waals surface area contributed by atoms with Crippen molar-refractivity contribution >= 4 is 19.9 Å². The fourth-order valence-corrected chi connectivity index (χ4v) is 5.90. The maximum Gasteiger partial charge on any atom is 0.243 e. The van der Waals surface area contributed by atoms with Crippen LogP contribution in [0.3, 0.4) is 0 Å². The molecule has 1 unspecified atom stereocenters. The topological polar surface area (TPSA) is 161 Å². The third-order valence-corrected chi connectivity index (χ3v) is 8.58. The van der Waals surface area contributed by atoms with Crippen LogP contribution in [0.2, 0.25) is 0 Å².